The summed E-state index contributed by atoms with van der Waals surface area (Å²) >= 11 is 5.50. The molecular weight excluding hydrogens is 1870 g/mol. The number of fused-ring (bicyclic) bond motifs is 6. The Morgan fingerprint density at radius 1 is 0.471 bits per heavy atom. The van der Waals surface area contributed by atoms with E-state index in [-0.39, 0.29) is 76.0 Å². The van der Waals surface area contributed by atoms with Gasteiger partial charge in [-0.2, -0.15) is 12.6 Å². The molecule has 28 heteroatoms. The van der Waals surface area contributed by atoms with Gasteiger partial charge in [-0.1, -0.05) is 264 Å². The summed E-state index contributed by atoms with van der Waals surface area (Å²) in [6.45, 7) is 78.0. The van der Waals surface area contributed by atoms with Crippen molar-refractivity contribution in [3.63, 3.8) is 0 Å². The molecule has 7 fully saturated rings. The number of hydrogen-bond donors (Lipinski definition) is 1. The molecule has 2 saturated heterocycles. The van der Waals surface area contributed by atoms with Crippen LogP contribution in [0.25, 0.3) is 0 Å². The molecule has 1 aromatic rings. The number of hydrogen-bond acceptors (Lipinski definition) is 19. The Morgan fingerprint density at radius 2 is 0.912 bits per heavy atom. The van der Waals surface area contributed by atoms with Crippen LogP contribution in [0.1, 0.15) is 285 Å². The van der Waals surface area contributed by atoms with Crippen molar-refractivity contribution in [2.45, 2.75) is 535 Å². The lowest BCUT2D eigenvalue weighted by Crippen LogP contribution is -2.85. The molecule has 0 amide bonds. The van der Waals surface area contributed by atoms with E-state index in [4.69, 9.17) is 85.6 Å². The van der Waals surface area contributed by atoms with Gasteiger partial charge in [0.05, 0.1) is 30.3 Å². The van der Waals surface area contributed by atoms with Crippen LogP contribution in [0, 0.1) is 56.2 Å². The Hall–Kier alpha value is -0.938. The molecule has 0 N–H and O–H groups in total. The number of benzene rings is 1. The van der Waals surface area contributed by atoms with E-state index in [1.54, 1.807) is 5.57 Å². The van der Waals surface area contributed by atoms with Gasteiger partial charge in [0.25, 0.3) is 0 Å². The molecule has 5 saturated carbocycles. The molecule has 0 aromatic heterocycles. The van der Waals surface area contributed by atoms with E-state index >= 15 is 9.59 Å². The van der Waals surface area contributed by atoms with Crippen LogP contribution in [0.15, 0.2) is 53.7 Å². The first-order valence-corrected chi connectivity index (χ1v) is 79.8. The van der Waals surface area contributed by atoms with Crippen LogP contribution in [0.4, 0.5) is 0 Å². The molecule has 0 spiro atoms. The van der Waals surface area contributed by atoms with Gasteiger partial charge in [0.15, 0.2) is 87.3 Å². The second kappa shape index (κ2) is 47.7. The number of thiol groups is 1. The van der Waals surface area contributed by atoms with E-state index in [9.17, 15) is 0 Å². The van der Waals surface area contributed by atoms with Gasteiger partial charge in [0.2, 0.25) is 18.2 Å². The average Bonchev–Trinajstić information content (AvgIpc) is 0.622. The third-order valence-electron chi connectivity index (χ3n) is 41.6. The van der Waals surface area contributed by atoms with E-state index in [2.05, 4.69) is 235 Å². The highest BCUT2D eigenvalue weighted by atomic mass is 32.1. The van der Waals surface area contributed by atoms with Gasteiger partial charge in [-0.05, 0) is 278 Å². The van der Waals surface area contributed by atoms with Crippen molar-refractivity contribution >= 4 is 99.7 Å². The predicted molar refractivity (Wildman–Crippen MR) is 584 cm³/mol. The first kappa shape index (κ1) is 117. The molecule has 6 aliphatic carbocycles. The van der Waals surface area contributed by atoms with Crippen LogP contribution in [0.3, 0.4) is 0 Å². The van der Waals surface area contributed by atoms with E-state index in [1.165, 1.54) is 12.7 Å². The molecule has 1 aromatic carbocycles. The Balaban J connectivity index is 1.30. The zero-order valence-corrected chi connectivity index (χ0v) is 103. The smallest absolute Gasteiger partial charge is 0.350 e. The highest BCUT2D eigenvalue weighted by Gasteiger charge is 2.85. The van der Waals surface area contributed by atoms with Crippen molar-refractivity contribution in [2.75, 3.05) is 19.0 Å². The fourth-order valence-electron chi connectivity index (χ4n) is 29.4. The number of ether oxygens (including phenoxy) is 7. The van der Waals surface area contributed by atoms with Gasteiger partial charge in [-0.25, -0.2) is 4.79 Å². The molecule has 18 nitrogen and oxygen atoms in total. The van der Waals surface area contributed by atoms with Gasteiger partial charge < -0.3 is 77.8 Å². The summed E-state index contributed by atoms with van der Waals surface area (Å²) in [5.41, 5.74) is 0.509. The largest absolute Gasteiger partial charge is 0.459 e. The lowest BCUT2D eigenvalue weighted by Gasteiger charge is -2.85. The zero-order chi connectivity index (χ0) is 101. The lowest BCUT2D eigenvalue weighted by atomic mass is 9.23. The topological polar surface area (TPSA) is 182 Å². The van der Waals surface area contributed by atoms with Crippen LogP contribution in [-0.2, 0) is 89.2 Å². The first-order chi connectivity index (χ1) is 64.7. The van der Waals surface area contributed by atoms with Crippen LogP contribution in [0.2, 0.25) is 163 Å². The van der Waals surface area contributed by atoms with E-state index < -0.39 is 166 Å². The van der Waals surface area contributed by atoms with Crippen LogP contribution < -0.4 is 0 Å². The molecule has 23 atom stereocenters. The first-order valence-electron chi connectivity index (χ1n) is 56.4. The number of allylic oxidation sites excluding steroid dienone is 2. The molecule has 10 rings (SSSR count). The minimum atomic E-state index is -2.99. The highest BCUT2D eigenvalue weighted by Crippen LogP contribution is 2.86. The van der Waals surface area contributed by atoms with Crippen molar-refractivity contribution < 1.29 is 82.6 Å². The van der Waals surface area contributed by atoms with Crippen molar-refractivity contribution in [2.24, 2.45) is 56.2 Å². The molecular formula is C108H202O18SSi9. The fourth-order valence-corrected chi connectivity index (χ4v) is 55.6. The lowest BCUT2D eigenvalue weighted by molar-refractivity contribution is -0.346. The van der Waals surface area contributed by atoms with Crippen molar-refractivity contribution in [3.05, 3.63) is 59.2 Å². The second-order valence-electron chi connectivity index (χ2n) is 45.7. The third-order valence-corrected chi connectivity index (χ3v) is 83.9. The summed E-state index contributed by atoms with van der Waals surface area (Å²) in [6.07, 6.45) is -1.20. The Morgan fingerprint density at radius 3 is 1.38 bits per heavy atom. The van der Waals surface area contributed by atoms with Crippen LogP contribution >= 0.6 is 12.6 Å². The standard InChI is InChI=1S/C108H202O18SSi9/c1-34-128(35-2,36-3)113-76-82-88(120-130(40-7,41-8)42-9)91(122-132(46-13,47-14)48-15)96(125-135(55-22,56-23)57-24)101(114-82)118-94-90(116-99-95(124-134(52-19,53-20)54-21)89(121-131(43-10,44-11)45-12)83(75-112-99)119-129(37-4,38-5)39-6)92(123-133(49-16,50-17)51-18)93(98(110)111-74-80-64-62-61-63-65-80)117-100(94)115-86-69-70-103(30)84(104(86,31)78-109)68-71-105(32)85(103)67-66-81-87-97-102(28,29)72-73-107(87,79-127)108(97,77-106(81,105)33)126-136(58-25,59-26)60-27/h61-66,78,82-93,95-97,99,101,127H,34-60,67-77,79H2,1-33H3/t82?,83-,84?,85?,86+,87?,88+,89?,90?,91?,92+,93?,95?,96?,97?,99+,101+,103?,104?,105?,106?,107-,108-/m1/s1. The number of rotatable bonds is 57. The Labute approximate surface area is 845 Å². The van der Waals surface area contributed by atoms with E-state index in [1.807, 2.05) is 30.3 Å². The molecule has 3 heterocycles. The van der Waals surface area contributed by atoms with E-state index in [0.717, 1.165) is 195 Å². The minimum Gasteiger partial charge on any atom is -0.459 e. The average molecular weight is 2070 g/mol. The van der Waals surface area contributed by atoms with Gasteiger partial charge in [0.1, 0.15) is 61.7 Å². The van der Waals surface area contributed by atoms with Crippen molar-refractivity contribution in [1.29, 1.82) is 0 Å². The zero-order valence-electron chi connectivity index (χ0n) is 92.7. The molecule has 136 heavy (non-hydrogen) atoms. The molecule has 4 bridgehead atoms. The van der Waals surface area contributed by atoms with Gasteiger partial charge in [-0.3, -0.25) is 0 Å². The Kier molecular flexibility index (Phi) is 41.0. The summed E-state index contributed by atoms with van der Waals surface area (Å²) in [7, 11) is -23.4. The minimum absolute atomic E-state index is 0.0226. The summed E-state index contributed by atoms with van der Waals surface area (Å²) in [5.74, 6) is 1.14. The Bertz CT molecular complexity index is 3910. The second-order valence-corrected chi connectivity index (χ2v) is 88.6. The number of aldehydes is 1. The molecule has 15 unspecified atom stereocenters. The molecule has 784 valence electrons. The quantitative estimate of drug-likeness (QED) is 0.0213. The maximum absolute atomic E-state index is 16.9. The third kappa shape index (κ3) is 21.4. The van der Waals surface area contributed by atoms with Gasteiger partial charge in [-0.15, -0.1) is 0 Å². The summed E-state index contributed by atoms with van der Waals surface area (Å²) < 4.78 is 130. The van der Waals surface area contributed by atoms with Gasteiger partial charge in [0, 0.05) is 5.41 Å². The highest BCUT2D eigenvalue weighted by molar-refractivity contribution is 7.80. The van der Waals surface area contributed by atoms with Crippen molar-refractivity contribution in [3.8, 4) is 0 Å². The number of carbonyl (C=O) groups excluding carboxylic acids is 2. The molecule has 9 aliphatic rings. The van der Waals surface area contributed by atoms with Crippen molar-refractivity contribution in [1.82, 2.24) is 0 Å². The summed E-state index contributed by atoms with van der Waals surface area (Å²) in [5, 5.41) is 0. The van der Waals surface area contributed by atoms with Crippen LogP contribution in [0.5, 0.6) is 0 Å². The normalized spacial score (nSPS) is 33.9. The summed E-state index contributed by atoms with van der Waals surface area (Å²) in [6, 6.07) is 33.9. The van der Waals surface area contributed by atoms with Crippen LogP contribution in [-0.4, -0.2) is 191 Å². The summed E-state index contributed by atoms with van der Waals surface area (Å²) in [4.78, 5) is 32.8. The number of esters is 1. The number of carbonyl (C=O) groups is 2. The van der Waals surface area contributed by atoms with Gasteiger partial charge >= 0.3 is 11.9 Å². The molecule has 0 radical (unpaired) electrons. The maximum Gasteiger partial charge on any atom is 0.350 e. The molecule has 3 aliphatic heterocycles. The predicted octanol–water partition coefficient (Wildman–Crippen LogP) is 29.4. The fraction of sp³-hybridized carbons (Fsp3) is 0.889. The maximum atomic E-state index is 16.9. The monoisotopic (exact) mass is 2070 g/mol. The van der Waals surface area contributed by atoms with E-state index in [0.29, 0.717) is 36.4 Å². The SMILES string of the molecule is CC[Si](CC)(CC)OCC1O[C@@H](OC2=C(O[C@H]3CCC4(C)C(CCC5(C)C4CC=C4C6C7C(C)(C)CC[C@]6(CS)[C@@]7(O[Si](CC)(CC)CC)CC45C)C3(C)C=O)OC(C(=O)OCc3ccccc3)[C@@H](O[Si](CC)(CC)CC)C2O[C@@H]2OC[C@@H](O[Si](CC)(CC)CC)C(O[Si](CC)(CC)CC)C2O[Si](CC)(CC)CC)C(O[Si](CC)(CC)CC)C(O[Si](CC)(CC)CC)[C@H]1O[Si](CC)(CC)CC.